The van der Waals surface area contributed by atoms with Gasteiger partial charge in [-0.15, -0.1) is 0 Å². The second kappa shape index (κ2) is 3.23. The Balaban J connectivity index is 1.57. The molecule has 4 rings (SSSR count). The second-order valence-electron chi connectivity index (χ2n) is 6.50. The smallest absolute Gasteiger partial charge is 0.103 e. The van der Waals surface area contributed by atoms with Gasteiger partial charge in [0.1, 0.15) is 11.7 Å². The first-order chi connectivity index (χ1) is 7.81. The molecule has 4 aliphatic rings. The van der Waals surface area contributed by atoms with Gasteiger partial charge < -0.3 is 4.74 Å². The summed E-state index contributed by atoms with van der Waals surface area (Å²) >= 11 is 0. The van der Waals surface area contributed by atoms with Crippen LogP contribution in [0.1, 0.15) is 51.4 Å². The fourth-order valence-corrected chi connectivity index (χ4v) is 4.88. The summed E-state index contributed by atoms with van der Waals surface area (Å²) in [6.45, 7) is 0. The van der Waals surface area contributed by atoms with Gasteiger partial charge in [0.25, 0.3) is 0 Å². The fraction of sp³-hybridized carbons (Fsp3) is 1.00. The average Bonchev–Trinajstić information content (AvgIpc) is 2.97. The number of hydrogen-bond acceptors (Lipinski definition) is 2. The van der Waals surface area contributed by atoms with Crippen molar-refractivity contribution in [2.45, 2.75) is 75.2 Å². The summed E-state index contributed by atoms with van der Waals surface area (Å²) in [4.78, 5) is 2.61. The van der Waals surface area contributed by atoms with E-state index < -0.39 is 0 Å². The molecule has 0 aromatic rings. The topological polar surface area (TPSA) is 15.8 Å². The molecule has 2 heteroatoms. The van der Waals surface area contributed by atoms with Crippen molar-refractivity contribution in [3.8, 4) is 0 Å². The summed E-state index contributed by atoms with van der Waals surface area (Å²) in [6, 6.07) is 1.60. The zero-order valence-corrected chi connectivity index (χ0v) is 10.3. The largest absolute Gasteiger partial charge is 0.364 e. The van der Waals surface area contributed by atoms with E-state index in [1.165, 1.54) is 51.4 Å². The van der Waals surface area contributed by atoms with Crippen LogP contribution in [0.3, 0.4) is 0 Å². The van der Waals surface area contributed by atoms with Crippen molar-refractivity contribution in [3.63, 3.8) is 0 Å². The third kappa shape index (κ3) is 1.15. The third-order valence-corrected chi connectivity index (χ3v) is 5.87. The first kappa shape index (κ1) is 9.90. The number of hydrogen-bond donors (Lipinski definition) is 0. The molecule has 90 valence electrons. The number of ether oxygens (including phenoxy) is 1. The maximum atomic E-state index is 6.27. The van der Waals surface area contributed by atoms with Crippen LogP contribution in [-0.4, -0.2) is 35.7 Å². The molecule has 2 nitrogen and oxygen atoms in total. The number of fused-ring (bicyclic) bond motifs is 4. The Labute approximate surface area is 98.3 Å². The Kier molecular flexibility index (Phi) is 2.00. The van der Waals surface area contributed by atoms with E-state index in [2.05, 4.69) is 11.9 Å². The summed E-state index contributed by atoms with van der Waals surface area (Å²) in [7, 11) is 2.31. The van der Waals surface area contributed by atoms with E-state index in [-0.39, 0.29) is 0 Å². The molecule has 0 spiro atoms. The van der Waals surface area contributed by atoms with Crippen molar-refractivity contribution in [1.82, 2.24) is 4.90 Å². The lowest BCUT2D eigenvalue weighted by atomic mass is 9.73. The van der Waals surface area contributed by atoms with Crippen LogP contribution in [-0.2, 0) is 4.74 Å². The van der Waals surface area contributed by atoms with E-state index >= 15 is 0 Å². The first-order valence-electron chi connectivity index (χ1n) is 7.21. The molecule has 0 amide bonds. The Bertz CT molecular complexity index is 299. The van der Waals surface area contributed by atoms with Gasteiger partial charge in [-0.25, -0.2) is 0 Å². The van der Waals surface area contributed by atoms with E-state index in [0.717, 1.165) is 18.0 Å². The summed E-state index contributed by atoms with van der Waals surface area (Å²) in [6.07, 6.45) is 12.0. The number of rotatable bonds is 1. The van der Waals surface area contributed by atoms with Crippen LogP contribution < -0.4 is 0 Å². The van der Waals surface area contributed by atoms with Gasteiger partial charge >= 0.3 is 0 Å². The van der Waals surface area contributed by atoms with Crippen molar-refractivity contribution >= 4 is 0 Å². The molecule has 3 saturated heterocycles. The predicted octanol–water partition coefficient (Wildman–Crippen LogP) is 2.57. The van der Waals surface area contributed by atoms with Crippen LogP contribution in [0.15, 0.2) is 0 Å². The normalized spacial score (nSPS) is 52.7. The molecule has 0 aromatic heterocycles. The van der Waals surface area contributed by atoms with Gasteiger partial charge in [0, 0.05) is 12.1 Å². The number of nitrogens with zero attached hydrogens (tertiary/aromatic N) is 1. The van der Waals surface area contributed by atoms with Gasteiger partial charge in [-0.2, -0.15) is 0 Å². The molecule has 4 atom stereocenters. The first-order valence-corrected chi connectivity index (χ1v) is 7.21. The molecule has 2 bridgehead atoms. The molecular weight excluding hydrogens is 198 g/mol. The standard InChI is InChI=1S/C14H23NO/c1-15-11-7-8-12(15)13-14(9-11,16-13)10-5-3-2-4-6-10/h10-13H,2-9H2,1H3. The lowest BCUT2D eigenvalue weighted by molar-refractivity contribution is 0.120. The summed E-state index contributed by atoms with van der Waals surface area (Å²) in [5.41, 5.74) is 0.360. The second-order valence-corrected chi connectivity index (χ2v) is 6.50. The summed E-state index contributed by atoms with van der Waals surface area (Å²) in [5.74, 6) is 0.906. The highest BCUT2D eigenvalue weighted by Gasteiger charge is 2.69. The number of piperidine rings is 1. The molecule has 0 N–H and O–H groups in total. The Hall–Kier alpha value is -0.0800. The van der Waals surface area contributed by atoms with Gasteiger partial charge in [-0.1, -0.05) is 19.3 Å². The Morgan fingerprint density at radius 2 is 1.88 bits per heavy atom. The lowest BCUT2D eigenvalue weighted by Gasteiger charge is -2.37. The molecule has 4 fully saturated rings. The Morgan fingerprint density at radius 1 is 1.06 bits per heavy atom. The minimum atomic E-state index is 0.360. The molecule has 16 heavy (non-hydrogen) atoms. The van der Waals surface area contributed by atoms with Gasteiger partial charge in [-0.05, 0) is 45.1 Å². The molecule has 0 aromatic carbocycles. The highest BCUT2D eigenvalue weighted by molar-refractivity contribution is 5.19. The average molecular weight is 221 g/mol. The quantitative estimate of drug-likeness (QED) is 0.632. The van der Waals surface area contributed by atoms with Crippen LogP contribution in [0.4, 0.5) is 0 Å². The molecule has 4 unspecified atom stereocenters. The van der Waals surface area contributed by atoms with Crippen molar-refractivity contribution in [1.29, 1.82) is 0 Å². The highest BCUT2D eigenvalue weighted by Crippen LogP contribution is 2.59. The monoisotopic (exact) mass is 221 g/mol. The van der Waals surface area contributed by atoms with Crippen molar-refractivity contribution in [3.05, 3.63) is 0 Å². The van der Waals surface area contributed by atoms with Crippen LogP contribution in [0, 0.1) is 5.92 Å². The van der Waals surface area contributed by atoms with Crippen molar-refractivity contribution < 1.29 is 4.74 Å². The molecule has 1 saturated carbocycles. The van der Waals surface area contributed by atoms with E-state index in [1.807, 2.05) is 0 Å². The molecule has 3 heterocycles. The van der Waals surface area contributed by atoms with Gasteiger partial charge in [0.05, 0.1) is 0 Å². The van der Waals surface area contributed by atoms with Crippen molar-refractivity contribution in [2.24, 2.45) is 5.92 Å². The maximum Gasteiger partial charge on any atom is 0.103 e. The van der Waals surface area contributed by atoms with Gasteiger partial charge in [0.2, 0.25) is 0 Å². The van der Waals surface area contributed by atoms with Crippen LogP contribution in [0.25, 0.3) is 0 Å². The molecular formula is C14H23NO. The minimum absolute atomic E-state index is 0.360. The lowest BCUT2D eigenvalue weighted by Crippen LogP contribution is -2.48. The number of likely N-dealkylation sites (N-methyl/N-ethyl adjacent to an activating group) is 1. The van der Waals surface area contributed by atoms with E-state index in [1.54, 1.807) is 0 Å². The summed E-state index contributed by atoms with van der Waals surface area (Å²) in [5, 5.41) is 0. The van der Waals surface area contributed by atoms with Gasteiger partial charge in [0.15, 0.2) is 0 Å². The zero-order valence-electron chi connectivity index (χ0n) is 10.3. The SMILES string of the molecule is CN1C2CCC1C1OC1(C1CCCCC1)C2. The van der Waals surface area contributed by atoms with Gasteiger partial charge in [-0.3, -0.25) is 4.90 Å². The molecule has 0 radical (unpaired) electrons. The Morgan fingerprint density at radius 3 is 2.69 bits per heavy atom. The predicted molar refractivity (Wildman–Crippen MR) is 63.4 cm³/mol. The number of epoxide rings is 1. The van der Waals surface area contributed by atoms with E-state index in [4.69, 9.17) is 4.74 Å². The zero-order chi connectivity index (χ0) is 10.8. The molecule has 3 aliphatic heterocycles. The van der Waals surface area contributed by atoms with Crippen LogP contribution in [0.5, 0.6) is 0 Å². The highest BCUT2D eigenvalue weighted by atomic mass is 16.6. The minimum Gasteiger partial charge on any atom is -0.364 e. The van der Waals surface area contributed by atoms with Crippen LogP contribution >= 0.6 is 0 Å². The van der Waals surface area contributed by atoms with Crippen molar-refractivity contribution in [2.75, 3.05) is 7.05 Å². The van der Waals surface area contributed by atoms with Crippen LogP contribution in [0.2, 0.25) is 0 Å². The maximum absolute atomic E-state index is 6.27. The fourth-order valence-electron chi connectivity index (χ4n) is 4.88. The third-order valence-electron chi connectivity index (χ3n) is 5.87. The summed E-state index contributed by atoms with van der Waals surface area (Å²) < 4.78 is 6.27. The van der Waals surface area contributed by atoms with E-state index in [0.29, 0.717) is 11.7 Å². The van der Waals surface area contributed by atoms with E-state index in [9.17, 15) is 0 Å². The molecule has 1 aliphatic carbocycles.